The predicted molar refractivity (Wildman–Crippen MR) is 178 cm³/mol. The summed E-state index contributed by atoms with van der Waals surface area (Å²) in [6.45, 7) is 26.7. The van der Waals surface area contributed by atoms with E-state index >= 15 is 0 Å². The second kappa shape index (κ2) is 13.7. The van der Waals surface area contributed by atoms with Crippen LogP contribution in [0.2, 0.25) is 18.1 Å². The van der Waals surface area contributed by atoms with E-state index in [0.717, 1.165) is 66.3 Å². The van der Waals surface area contributed by atoms with Crippen LogP contribution < -0.4 is 9.47 Å². The van der Waals surface area contributed by atoms with Crippen LogP contribution in [0.1, 0.15) is 77.8 Å². The number of hydrogen-bond acceptors (Lipinski definition) is 8. The van der Waals surface area contributed by atoms with E-state index in [1.807, 2.05) is 45.0 Å². The third-order valence-electron chi connectivity index (χ3n) is 8.80. The van der Waals surface area contributed by atoms with Gasteiger partial charge in [0.2, 0.25) is 5.88 Å². The fraction of sp³-hybridized carbons (Fsp3) is 0.629. The van der Waals surface area contributed by atoms with Gasteiger partial charge in [0.15, 0.2) is 14.1 Å². The summed E-state index contributed by atoms with van der Waals surface area (Å²) in [6, 6.07) is 7.98. The maximum Gasteiger partial charge on any atom is 0.220 e. The van der Waals surface area contributed by atoms with E-state index in [2.05, 4.69) is 59.8 Å². The maximum absolute atomic E-state index is 6.85. The van der Waals surface area contributed by atoms with Crippen molar-refractivity contribution in [3.63, 3.8) is 0 Å². The minimum Gasteiger partial charge on any atom is -0.491 e. The minimum absolute atomic E-state index is 0.00786. The Morgan fingerprint density at radius 2 is 1.68 bits per heavy atom. The largest absolute Gasteiger partial charge is 0.491 e. The summed E-state index contributed by atoms with van der Waals surface area (Å²) < 4.78 is 30.7. The molecule has 242 valence electrons. The van der Waals surface area contributed by atoms with Gasteiger partial charge in [0.25, 0.3) is 0 Å². The Labute approximate surface area is 265 Å². The Bertz CT molecular complexity index is 1380. The van der Waals surface area contributed by atoms with E-state index < -0.39 is 8.32 Å². The van der Waals surface area contributed by atoms with Crippen molar-refractivity contribution in [1.29, 1.82) is 0 Å². The van der Waals surface area contributed by atoms with Gasteiger partial charge in [-0.15, -0.1) is 0 Å². The SMILES string of the molecule is Cc1noc(C)c1-c1nc(-c2cccc(OCC(CC(C)(C)C)O[Si](C)(C)C(C)(C)C)c2)nc(OCC2CCOCC2)c1C. The van der Waals surface area contributed by atoms with Crippen molar-refractivity contribution >= 4 is 8.32 Å². The van der Waals surface area contributed by atoms with E-state index in [1.54, 1.807) is 0 Å². The van der Waals surface area contributed by atoms with Crippen molar-refractivity contribution in [2.75, 3.05) is 26.4 Å². The first kappa shape index (κ1) is 34.1. The lowest BCUT2D eigenvalue weighted by atomic mass is 9.89. The van der Waals surface area contributed by atoms with Crippen molar-refractivity contribution in [3.8, 4) is 34.3 Å². The molecule has 3 heterocycles. The van der Waals surface area contributed by atoms with Gasteiger partial charge in [0, 0.05) is 24.3 Å². The van der Waals surface area contributed by atoms with Crippen molar-refractivity contribution in [3.05, 3.63) is 41.3 Å². The lowest BCUT2D eigenvalue weighted by Crippen LogP contribution is -2.46. The first-order valence-electron chi connectivity index (χ1n) is 16.0. The number of nitrogens with zero attached hydrogens (tertiary/aromatic N) is 3. The molecular formula is C35H53N3O5Si. The van der Waals surface area contributed by atoms with Gasteiger partial charge in [0.1, 0.15) is 18.1 Å². The quantitative estimate of drug-likeness (QED) is 0.196. The molecule has 1 aliphatic rings. The molecule has 1 atom stereocenters. The van der Waals surface area contributed by atoms with Gasteiger partial charge in [-0.1, -0.05) is 58.8 Å². The molecule has 8 nitrogen and oxygen atoms in total. The minimum atomic E-state index is -1.98. The van der Waals surface area contributed by atoms with E-state index in [0.29, 0.717) is 36.6 Å². The highest BCUT2D eigenvalue weighted by molar-refractivity contribution is 6.74. The molecule has 0 radical (unpaired) electrons. The van der Waals surface area contributed by atoms with E-state index in [4.69, 9.17) is 33.1 Å². The Balaban J connectivity index is 1.63. The summed E-state index contributed by atoms with van der Waals surface area (Å²) in [5.74, 6) is 3.07. The second-order valence-electron chi connectivity index (χ2n) is 15.0. The van der Waals surface area contributed by atoms with Crippen LogP contribution in [0.25, 0.3) is 22.6 Å². The zero-order valence-corrected chi connectivity index (χ0v) is 29.8. The van der Waals surface area contributed by atoms with Crippen LogP contribution in [0, 0.1) is 32.1 Å². The van der Waals surface area contributed by atoms with Gasteiger partial charge in [-0.3, -0.25) is 0 Å². The predicted octanol–water partition coefficient (Wildman–Crippen LogP) is 8.73. The smallest absolute Gasteiger partial charge is 0.220 e. The van der Waals surface area contributed by atoms with Crippen LogP contribution in [-0.2, 0) is 9.16 Å². The zero-order valence-electron chi connectivity index (χ0n) is 28.8. The molecule has 1 saturated heterocycles. The van der Waals surface area contributed by atoms with Crippen LogP contribution in [0.5, 0.6) is 11.6 Å². The van der Waals surface area contributed by atoms with Gasteiger partial charge >= 0.3 is 0 Å². The lowest BCUT2D eigenvalue weighted by molar-refractivity contribution is 0.0489. The summed E-state index contributed by atoms with van der Waals surface area (Å²) in [7, 11) is -1.98. The van der Waals surface area contributed by atoms with Crippen molar-refractivity contribution < 1.29 is 23.2 Å². The van der Waals surface area contributed by atoms with Gasteiger partial charge in [0.05, 0.1) is 29.7 Å². The average Bonchev–Trinajstić information content (AvgIpc) is 3.27. The molecule has 1 aromatic carbocycles. The third-order valence-corrected chi connectivity index (χ3v) is 13.3. The third kappa shape index (κ3) is 8.70. The summed E-state index contributed by atoms with van der Waals surface area (Å²) >= 11 is 0. The van der Waals surface area contributed by atoms with Crippen LogP contribution in [0.15, 0.2) is 28.8 Å². The molecule has 4 rings (SSSR count). The number of rotatable bonds is 11. The standard InChI is InChI=1S/C35H53N3O5Si/c1-23-31(30-24(2)38-42-25(30)3)36-32(37-33(23)41-21-26-15-17-39-18-16-26)27-13-12-14-28(19-27)40-22-29(20-34(4,5)6)43-44(10,11)35(7,8)9/h12-14,19,26,29H,15-18,20-22H2,1-11H3. The molecular weight excluding hydrogens is 570 g/mol. The first-order chi connectivity index (χ1) is 20.5. The molecule has 1 aliphatic heterocycles. The monoisotopic (exact) mass is 623 g/mol. The summed E-state index contributed by atoms with van der Waals surface area (Å²) in [6.07, 6.45) is 2.88. The Hall–Kier alpha value is -2.75. The van der Waals surface area contributed by atoms with Crippen molar-refractivity contribution in [2.45, 2.75) is 106 Å². The number of hydrogen-bond donors (Lipinski definition) is 0. The van der Waals surface area contributed by atoms with E-state index in [1.165, 1.54) is 0 Å². The summed E-state index contributed by atoms with van der Waals surface area (Å²) in [5, 5.41) is 4.31. The summed E-state index contributed by atoms with van der Waals surface area (Å²) in [4.78, 5) is 9.96. The van der Waals surface area contributed by atoms with Gasteiger partial charge in [-0.05, 0) is 81.6 Å². The zero-order chi connectivity index (χ0) is 32.3. The van der Waals surface area contributed by atoms with Crippen LogP contribution in [0.3, 0.4) is 0 Å². The average molecular weight is 624 g/mol. The highest BCUT2D eigenvalue weighted by Crippen LogP contribution is 2.39. The Kier molecular flexibility index (Phi) is 10.6. The molecule has 0 amide bonds. The molecule has 44 heavy (non-hydrogen) atoms. The Morgan fingerprint density at radius 1 is 0.977 bits per heavy atom. The first-order valence-corrected chi connectivity index (χ1v) is 18.9. The molecule has 1 fully saturated rings. The highest BCUT2D eigenvalue weighted by Gasteiger charge is 2.40. The highest BCUT2D eigenvalue weighted by atomic mass is 28.4. The van der Waals surface area contributed by atoms with Crippen LogP contribution >= 0.6 is 0 Å². The lowest BCUT2D eigenvalue weighted by Gasteiger charge is -2.40. The molecule has 2 aromatic heterocycles. The molecule has 0 aliphatic carbocycles. The van der Waals surface area contributed by atoms with Gasteiger partial charge in [-0.25, -0.2) is 4.98 Å². The maximum atomic E-state index is 6.85. The van der Waals surface area contributed by atoms with Crippen molar-refractivity contribution in [2.24, 2.45) is 11.3 Å². The summed E-state index contributed by atoms with van der Waals surface area (Å²) in [5.41, 5.74) is 4.27. The second-order valence-corrected chi connectivity index (χ2v) is 19.8. The number of aryl methyl sites for hydroxylation is 2. The van der Waals surface area contributed by atoms with Gasteiger partial charge in [-0.2, -0.15) is 4.98 Å². The number of ether oxygens (including phenoxy) is 3. The molecule has 9 heteroatoms. The molecule has 3 aromatic rings. The molecule has 0 spiro atoms. The normalized spacial score (nSPS) is 15.8. The fourth-order valence-corrected chi connectivity index (χ4v) is 6.60. The fourth-order valence-electron chi connectivity index (χ4n) is 5.27. The van der Waals surface area contributed by atoms with Crippen LogP contribution in [0.4, 0.5) is 0 Å². The Morgan fingerprint density at radius 3 is 2.30 bits per heavy atom. The molecule has 1 unspecified atom stereocenters. The molecule has 0 N–H and O–H groups in total. The van der Waals surface area contributed by atoms with E-state index in [-0.39, 0.29) is 16.6 Å². The molecule has 0 saturated carbocycles. The van der Waals surface area contributed by atoms with Crippen LogP contribution in [-0.4, -0.2) is 56.0 Å². The molecule has 0 bridgehead atoms. The topological polar surface area (TPSA) is 88.7 Å². The number of benzene rings is 1. The van der Waals surface area contributed by atoms with E-state index in [9.17, 15) is 0 Å². The van der Waals surface area contributed by atoms with Gasteiger partial charge < -0.3 is 23.2 Å². The van der Waals surface area contributed by atoms with Crippen molar-refractivity contribution in [1.82, 2.24) is 15.1 Å². The number of aromatic nitrogens is 3.